The third-order valence-corrected chi connectivity index (χ3v) is 4.74. The van der Waals surface area contributed by atoms with Crippen LogP contribution in [0.15, 0.2) is 36.4 Å². The summed E-state index contributed by atoms with van der Waals surface area (Å²) in [6.07, 6.45) is 1.40. The van der Waals surface area contributed by atoms with Gasteiger partial charge in [-0.2, -0.15) is 8.78 Å². The molecule has 0 spiro atoms. The molecule has 0 fully saturated rings. The van der Waals surface area contributed by atoms with Crippen molar-refractivity contribution < 1.29 is 18.3 Å². The highest BCUT2D eigenvalue weighted by atomic mass is 19.3. The number of imidazole rings is 1. The quantitative estimate of drug-likeness (QED) is 0.549. The smallest absolute Gasteiger partial charge is 0.387 e. The Kier molecular flexibility index (Phi) is 5.74. The summed E-state index contributed by atoms with van der Waals surface area (Å²) in [4.78, 5) is 18.6. The largest absolute Gasteiger partial charge is 0.433 e. The van der Waals surface area contributed by atoms with Crippen molar-refractivity contribution in [3.8, 4) is 11.4 Å². The number of aromatic nitrogens is 2. The van der Waals surface area contributed by atoms with Gasteiger partial charge in [0.25, 0.3) is 0 Å². The average Bonchev–Trinajstić information content (AvgIpc) is 2.99. The molecule has 0 bridgehead atoms. The summed E-state index contributed by atoms with van der Waals surface area (Å²) in [5, 5.41) is 0. The van der Waals surface area contributed by atoms with Crippen molar-refractivity contribution in [3.63, 3.8) is 0 Å². The lowest BCUT2D eigenvalue weighted by Gasteiger charge is -2.25. The first kappa shape index (κ1) is 19.9. The number of ether oxygens (including phenoxy) is 1. The molecule has 1 atom stereocenters. The minimum Gasteiger partial charge on any atom is -0.433 e. The van der Waals surface area contributed by atoms with Crippen LogP contribution in [0.4, 0.5) is 8.78 Å². The molecule has 0 radical (unpaired) electrons. The number of para-hydroxylation sites is 1. The minimum absolute atomic E-state index is 0.0599. The molecule has 3 rings (SSSR count). The molecule has 148 valence electrons. The van der Waals surface area contributed by atoms with E-state index in [-0.39, 0.29) is 23.0 Å². The van der Waals surface area contributed by atoms with Crippen molar-refractivity contribution in [2.24, 2.45) is 0 Å². The Labute approximate surface area is 162 Å². The molecule has 0 saturated carbocycles. The maximum atomic E-state index is 13.1. The highest BCUT2D eigenvalue weighted by Gasteiger charge is 2.26. The van der Waals surface area contributed by atoms with Crippen LogP contribution in [0.2, 0.25) is 0 Å². The number of hydrogen-bond donors (Lipinski definition) is 0. The summed E-state index contributed by atoms with van der Waals surface area (Å²) in [6.45, 7) is 0.973. The second-order valence-corrected chi connectivity index (χ2v) is 6.88. The molecular formula is C21H23F2N3O2. The summed E-state index contributed by atoms with van der Waals surface area (Å²) in [5.41, 5.74) is 3.00. The van der Waals surface area contributed by atoms with E-state index < -0.39 is 6.61 Å². The molecular weight excluding hydrogens is 364 g/mol. The molecule has 0 N–H and O–H groups in total. The Hall–Kier alpha value is -2.80. The van der Waals surface area contributed by atoms with E-state index in [1.54, 1.807) is 10.6 Å². The molecule has 1 aromatic heterocycles. The number of carbonyl (C=O) groups excluding carboxylic acids is 1. The van der Waals surface area contributed by atoms with Gasteiger partial charge in [-0.05, 0) is 57.3 Å². The highest BCUT2D eigenvalue weighted by molar-refractivity contribution is 5.87. The molecule has 28 heavy (non-hydrogen) atoms. The first-order valence-electron chi connectivity index (χ1n) is 9.06. The van der Waals surface area contributed by atoms with E-state index in [1.165, 1.54) is 12.1 Å². The lowest BCUT2D eigenvalue weighted by atomic mass is 10.1. The summed E-state index contributed by atoms with van der Waals surface area (Å²) < 4.78 is 32.7. The summed E-state index contributed by atoms with van der Waals surface area (Å²) in [6, 6.07) is 10.2. The number of benzene rings is 2. The van der Waals surface area contributed by atoms with Crippen molar-refractivity contribution in [1.82, 2.24) is 14.5 Å². The number of halogens is 2. The van der Waals surface area contributed by atoms with Gasteiger partial charge in [-0.1, -0.05) is 19.1 Å². The number of fused-ring (bicyclic) bond motifs is 1. The first-order valence-corrected chi connectivity index (χ1v) is 9.06. The van der Waals surface area contributed by atoms with Gasteiger partial charge in [0, 0.05) is 5.56 Å². The molecule has 7 heteroatoms. The Morgan fingerprint density at radius 1 is 1.25 bits per heavy atom. The van der Waals surface area contributed by atoms with Crippen LogP contribution >= 0.6 is 0 Å². The number of aryl methyl sites for hydroxylation is 1. The van der Waals surface area contributed by atoms with Crippen LogP contribution in [0.1, 0.15) is 41.1 Å². The zero-order valence-corrected chi connectivity index (χ0v) is 16.3. The van der Waals surface area contributed by atoms with E-state index in [2.05, 4.69) is 0 Å². The highest BCUT2D eigenvalue weighted by Crippen LogP contribution is 2.35. The van der Waals surface area contributed by atoms with Crippen LogP contribution in [0.5, 0.6) is 5.75 Å². The third kappa shape index (κ3) is 3.62. The Balaban J connectivity index is 2.42. The van der Waals surface area contributed by atoms with Crippen molar-refractivity contribution in [2.75, 3.05) is 14.1 Å². The maximum Gasteiger partial charge on any atom is 0.387 e. The zero-order valence-electron chi connectivity index (χ0n) is 16.3. The monoisotopic (exact) mass is 387 g/mol. The molecule has 0 saturated heterocycles. The predicted molar refractivity (Wildman–Crippen MR) is 105 cm³/mol. The Morgan fingerprint density at radius 2 is 2.00 bits per heavy atom. The number of hydrogen-bond acceptors (Lipinski definition) is 4. The second-order valence-electron chi connectivity index (χ2n) is 6.88. The molecule has 5 nitrogen and oxygen atoms in total. The fourth-order valence-corrected chi connectivity index (χ4v) is 3.51. The zero-order chi connectivity index (χ0) is 20.4. The van der Waals surface area contributed by atoms with Gasteiger partial charge in [-0.3, -0.25) is 14.3 Å². The number of alkyl halides is 2. The molecule has 3 aromatic rings. The SMILES string of the molecule is CCC(c1nc2ccc(C)cc2n1-c1c(C=O)cccc1OC(F)F)N(C)C. The first-order chi connectivity index (χ1) is 13.4. The Morgan fingerprint density at radius 3 is 2.61 bits per heavy atom. The topological polar surface area (TPSA) is 47.4 Å². The second kappa shape index (κ2) is 8.06. The number of rotatable bonds is 7. The fourth-order valence-electron chi connectivity index (χ4n) is 3.51. The standard InChI is InChI=1S/C21H23F2N3O2/c1-5-16(25(3)4)20-24-15-10-9-13(2)11-17(15)26(20)19-14(12-27)7-6-8-18(19)28-21(22)23/h6-12,16,21H,5H2,1-4H3. The minimum atomic E-state index is -3.00. The fraction of sp³-hybridized carbons (Fsp3) is 0.333. The number of carbonyl (C=O) groups is 1. The van der Waals surface area contributed by atoms with Gasteiger partial charge < -0.3 is 4.74 Å². The van der Waals surface area contributed by atoms with Gasteiger partial charge >= 0.3 is 6.61 Å². The van der Waals surface area contributed by atoms with E-state index in [9.17, 15) is 13.6 Å². The van der Waals surface area contributed by atoms with Crippen LogP contribution in [0, 0.1) is 6.92 Å². The van der Waals surface area contributed by atoms with Crippen molar-refractivity contribution in [2.45, 2.75) is 32.9 Å². The summed E-state index contributed by atoms with van der Waals surface area (Å²) in [7, 11) is 3.87. The molecule has 2 aromatic carbocycles. The van der Waals surface area contributed by atoms with Crippen molar-refractivity contribution in [3.05, 3.63) is 53.3 Å². The molecule has 0 aliphatic heterocycles. The Bertz CT molecular complexity index is 999. The van der Waals surface area contributed by atoms with Crippen LogP contribution in [0.3, 0.4) is 0 Å². The third-order valence-electron chi connectivity index (χ3n) is 4.74. The van der Waals surface area contributed by atoms with E-state index >= 15 is 0 Å². The summed E-state index contributed by atoms with van der Waals surface area (Å²) >= 11 is 0. The molecule has 0 aliphatic rings. The summed E-state index contributed by atoms with van der Waals surface area (Å²) in [5.74, 6) is 0.608. The van der Waals surface area contributed by atoms with Gasteiger partial charge in [0.15, 0.2) is 12.0 Å². The van der Waals surface area contributed by atoms with E-state index in [0.29, 0.717) is 12.1 Å². The van der Waals surface area contributed by atoms with Gasteiger partial charge in [-0.15, -0.1) is 0 Å². The molecule has 0 aliphatic carbocycles. The van der Waals surface area contributed by atoms with E-state index in [0.717, 1.165) is 23.0 Å². The number of aldehydes is 1. The van der Waals surface area contributed by atoms with Crippen LogP contribution in [-0.4, -0.2) is 41.4 Å². The van der Waals surface area contributed by atoms with Crippen LogP contribution in [0.25, 0.3) is 16.7 Å². The predicted octanol–water partition coefficient (Wildman–Crippen LogP) is 4.76. The van der Waals surface area contributed by atoms with E-state index in [4.69, 9.17) is 9.72 Å². The lowest BCUT2D eigenvalue weighted by molar-refractivity contribution is -0.0498. The van der Waals surface area contributed by atoms with Crippen LogP contribution in [-0.2, 0) is 0 Å². The molecule has 0 amide bonds. The van der Waals surface area contributed by atoms with E-state index in [1.807, 2.05) is 51.0 Å². The number of nitrogens with zero attached hydrogens (tertiary/aromatic N) is 3. The lowest BCUT2D eigenvalue weighted by Crippen LogP contribution is -2.23. The normalized spacial score (nSPS) is 12.7. The maximum absolute atomic E-state index is 13.1. The average molecular weight is 387 g/mol. The van der Waals surface area contributed by atoms with Gasteiger partial charge in [0.1, 0.15) is 11.5 Å². The van der Waals surface area contributed by atoms with Crippen LogP contribution < -0.4 is 4.74 Å². The van der Waals surface area contributed by atoms with Gasteiger partial charge in [-0.25, -0.2) is 4.98 Å². The van der Waals surface area contributed by atoms with Crippen molar-refractivity contribution in [1.29, 1.82) is 0 Å². The molecule has 1 heterocycles. The molecule has 1 unspecified atom stereocenters. The van der Waals surface area contributed by atoms with Crippen molar-refractivity contribution >= 4 is 17.3 Å². The van der Waals surface area contributed by atoms with Gasteiger partial charge in [0.2, 0.25) is 0 Å². The van der Waals surface area contributed by atoms with Gasteiger partial charge in [0.05, 0.1) is 17.1 Å².